The fourth-order valence-corrected chi connectivity index (χ4v) is 2.68. The number of fused-ring (bicyclic) bond motifs is 1. The van der Waals surface area contributed by atoms with Crippen LogP contribution in [0.2, 0.25) is 0 Å². The summed E-state index contributed by atoms with van der Waals surface area (Å²) in [6.07, 6.45) is 1.89. The summed E-state index contributed by atoms with van der Waals surface area (Å²) in [6, 6.07) is 9.67. The number of hydrogen-bond acceptors (Lipinski definition) is 3. The molecule has 1 aromatic carbocycles. The highest BCUT2D eigenvalue weighted by molar-refractivity contribution is 14.0. The van der Waals surface area contributed by atoms with Crippen molar-refractivity contribution in [1.29, 1.82) is 0 Å². The van der Waals surface area contributed by atoms with E-state index in [-0.39, 0.29) is 29.9 Å². The lowest BCUT2D eigenvalue weighted by Gasteiger charge is -2.16. The summed E-state index contributed by atoms with van der Waals surface area (Å²) in [5.74, 6) is -0.332. The van der Waals surface area contributed by atoms with E-state index in [0.717, 1.165) is 23.1 Å². The van der Waals surface area contributed by atoms with Crippen molar-refractivity contribution >= 4 is 35.6 Å². The molecule has 6 nitrogen and oxygen atoms in total. The van der Waals surface area contributed by atoms with E-state index in [0.29, 0.717) is 25.6 Å². The topological polar surface area (TPSA) is 66.6 Å². The molecule has 2 N–H and O–H groups in total. The fraction of sp³-hybridized carbons (Fsp3) is 0.316. The molecule has 0 aliphatic heterocycles. The van der Waals surface area contributed by atoms with E-state index in [2.05, 4.69) is 25.8 Å². The molecule has 2 aromatic heterocycles. The Balaban J connectivity index is 0.00000280. The van der Waals surface area contributed by atoms with Gasteiger partial charge in [-0.1, -0.05) is 19.1 Å². The van der Waals surface area contributed by atoms with Crippen molar-refractivity contribution in [3.05, 3.63) is 65.6 Å². The van der Waals surface area contributed by atoms with Crippen LogP contribution in [0, 0.1) is 11.6 Å². The van der Waals surface area contributed by atoms with Gasteiger partial charge in [0.1, 0.15) is 6.54 Å². The molecule has 0 saturated heterocycles. The van der Waals surface area contributed by atoms with Crippen LogP contribution in [-0.4, -0.2) is 33.6 Å². The van der Waals surface area contributed by atoms with E-state index in [1.165, 1.54) is 6.07 Å². The molecular weight excluding hydrogens is 477 g/mol. The van der Waals surface area contributed by atoms with Crippen LogP contribution >= 0.6 is 24.0 Å². The molecule has 28 heavy (non-hydrogen) atoms. The average Bonchev–Trinajstić information content (AvgIpc) is 3.09. The van der Waals surface area contributed by atoms with Crippen molar-refractivity contribution < 1.29 is 8.78 Å². The van der Waals surface area contributed by atoms with Gasteiger partial charge >= 0.3 is 0 Å². The van der Waals surface area contributed by atoms with Crippen molar-refractivity contribution in [1.82, 2.24) is 25.2 Å². The number of hydrogen-bond donors (Lipinski definition) is 2. The number of nitrogens with one attached hydrogen (secondary N) is 2. The van der Waals surface area contributed by atoms with E-state index in [1.807, 2.05) is 42.6 Å². The Morgan fingerprint density at radius 1 is 1.14 bits per heavy atom. The standard InChI is InChI=1S/C19H22F2N6.HI/c1-3-22-19(23-11-13(2)14-7-8-15(20)16(21)10-14)24-12-18-26-25-17-6-4-5-9-27(17)18;/h4-10,13H,3,11-12H2,1-2H3,(H2,22,23,24);1H. The second-order valence-electron chi connectivity index (χ2n) is 6.20. The first-order valence-corrected chi connectivity index (χ1v) is 8.84. The van der Waals surface area contributed by atoms with Crippen LogP contribution in [-0.2, 0) is 6.54 Å². The first kappa shape index (κ1) is 22.0. The number of aliphatic imine (C=N–C) groups is 1. The quantitative estimate of drug-likeness (QED) is 0.309. The van der Waals surface area contributed by atoms with E-state index >= 15 is 0 Å². The fourth-order valence-electron chi connectivity index (χ4n) is 2.68. The maximum Gasteiger partial charge on any atom is 0.191 e. The van der Waals surface area contributed by atoms with Gasteiger partial charge in [-0.15, -0.1) is 34.2 Å². The minimum atomic E-state index is -0.839. The van der Waals surface area contributed by atoms with Crippen molar-refractivity contribution in [2.24, 2.45) is 4.99 Å². The van der Waals surface area contributed by atoms with Crippen molar-refractivity contribution in [3.8, 4) is 0 Å². The van der Waals surface area contributed by atoms with E-state index in [1.54, 1.807) is 6.07 Å². The summed E-state index contributed by atoms with van der Waals surface area (Å²) in [4.78, 5) is 4.54. The van der Waals surface area contributed by atoms with E-state index < -0.39 is 11.6 Å². The van der Waals surface area contributed by atoms with Gasteiger partial charge in [0.25, 0.3) is 0 Å². The Bertz CT molecular complexity index is 943. The molecule has 1 atom stereocenters. The molecular formula is C19H23F2IN6. The molecule has 0 aliphatic carbocycles. The minimum Gasteiger partial charge on any atom is -0.357 e. The Morgan fingerprint density at radius 2 is 1.96 bits per heavy atom. The molecule has 3 rings (SSSR count). The third-order valence-electron chi connectivity index (χ3n) is 4.20. The second-order valence-corrected chi connectivity index (χ2v) is 6.20. The van der Waals surface area contributed by atoms with Gasteiger partial charge in [0.2, 0.25) is 0 Å². The molecule has 1 unspecified atom stereocenters. The van der Waals surface area contributed by atoms with Crippen LogP contribution < -0.4 is 10.6 Å². The summed E-state index contributed by atoms with van der Waals surface area (Å²) in [7, 11) is 0. The number of nitrogens with zero attached hydrogens (tertiary/aromatic N) is 4. The maximum atomic E-state index is 13.4. The maximum absolute atomic E-state index is 13.4. The molecule has 2 heterocycles. The van der Waals surface area contributed by atoms with Gasteiger partial charge in [-0.25, -0.2) is 13.8 Å². The summed E-state index contributed by atoms with van der Waals surface area (Å²) < 4.78 is 28.4. The number of aromatic nitrogens is 3. The lowest BCUT2D eigenvalue weighted by atomic mass is 10.0. The second kappa shape index (κ2) is 10.3. The number of benzene rings is 1. The highest BCUT2D eigenvalue weighted by atomic mass is 127. The van der Waals surface area contributed by atoms with Crippen molar-refractivity contribution in [2.45, 2.75) is 26.3 Å². The lowest BCUT2D eigenvalue weighted by Crippen LogP contribution is -2.39. The predicted molar refractivity (Wildman–Crippen MR) is 116 cm³/mol. The van der Waals surface area contributed by atoms with Gasteiger partial charge < -0.3 is 10.6 Å². The smallest absolute Gasteiger partial charge is 0.191 e. The first-order chi connectivity index (χ1) is 13.1. The SMILES string of the molecule is CCNC(=NCc1nnc2ccccn12)NCC(C)c1ccc(F)c(F)c1.I. The summed E-state index contributed by atoms with van der Waals surface area (Å²) in [5, 5.41) is 14.7. The molecule has 150 valence electrons. The summed E-state index contributed by atoms with van der Waals surface area (Å²) in [5.41, 5.74) is 1.49. The van der Waals surface area contributed by atoms with Gasteiger partial charge in [0.15, 0.2) is 29.1 Å². The Hall–Kier alpha value is -2.30. The number of guanidine groups is 1. The molecule has 0 saturated carbocycles. The average molecular weight is 500 g/mol. The van der Waals surface area contributed by atoms with Crippen LogP contribution in [0.25, 0.3) is 5.65 Å². The molecule has 0 amide bonds. The Kier molecular flexibility index (Phi) is 8.09. The monoisotopic (exact) mass is 500 g/mol. The van der Waals surface area contributed by atoms with Gasteiger partial charge in [-0.05, 0) is 42.7 Å². The number of pyridine rings is 1. The third-order valence-corrected chi connectivity index (χ3v) is 4.20. The van der Waals surface area contributed by atoms with Crippen molar-refractivity contribution in [2.75, 3.05) is 13.1 Å². The molecule has 0 aliphatic rings. The molecule has 9 heteroatoms. The van der Waals surface area contributed by atoms with Crippen LogP contribution in [0.3, 0.4) is 0 Å². The van der Waals surface area contributed by atoms with E-state index in [9.17, 15) is 8.78 Å². The Morgan fingerprint density at radius 3 is 2.71 bits per heavy atom. The zero-order chi connectivity index (χ0) is 19.2. The number of rotatable bonds is 6. The first-order valence-electron chi connectivity index (χ1n) is 8.84. The highest BCUT2D eigenvalue weighted by Crippen LogP contribution is 2.17. The summed E-state index contributed by atoms with van der Waals surface area (Å²) >= 11 is 0. The molecule has 0 fully saturated rings. The van der Waals surface area contributed by atoms with Crippen molar-refractivity contribution in [3.63, 3.8) is 0 Å². The number of halogens is 3. The predicted octanol–water partition coefficient (Wildman–Crippen LogP) is 3.48. The van der Waals surface area contributed by atoms with Crippen LogP contribution in [0.1, 0.15) is 31.2 Å². The van der Waals surface area contributed by atoms with Gasteiger partial charge in [0, 0.05) is 19.3 Å². The zero-order valence-electron chi connectivity index (χ0n) is 15.7. The van der Waals surface area contributed by atoms with Crippen LogP contribution in [0.15, 0.2) is 47.6 Å². The van der Waals surface area contributed by atoms with E-state index in [4.69, 9.17) is 0 Å². The van der Waals surface area contributed by atoms with Gasteiger partial charge in [-0.3, -0.25) is 4.40 Å². The minimum absolute atomic E-state index is 0. The molecule has 3 aromatic rings. The van der Waals surface area contributed by atoms with Gasteiger partial charge in [-0.2, -0.15) is 0 Å². The largest absolute Gasteiger partial charge is 0.357 e. The Labute approximate surface area is 179 Å². The summed E-state index contributed by atoms with van der Waals surface area (Å²) in [6.45, 7) is 5.50. The van der Waals surface area contributed by atoms with Gasteiger partial charge in [0.05, 0.1) is 0 Å². The zero-order valence-corrected chi connectivity index (χ0v) is 18.0. The molecule has 0 radical (unpaired) electrons. The molecule has 0 spiro atoms. The lowest BCUT2D eigenvalue weighted by molar-refractivity contribution is 0.505. The highest BCUT2D eigenvalue weighted by Gasteiger charge is 2.10. The third kappa shape index (κ3) is 5.37. The van der Waals surface area contributed by atoms with Crippen LogP contribution in [0.4, 0.5) is 8.78 Å². The normalized spacial score (nSPS) is 12.5. The molecule has 0 bridgehead atoms. The van der Waals surface area contributed by atoms with Crippen LogP contribution in [0.5, 0.6) is 0 Å².